The molecule has 0 aliphatic rings. The molecule has 0 amide bonds. The van der Waals surface area contributed by atoms with Gasteiger partial charge < -0.3 is 0 Å². The maximum absolute atomic E-state index is 4.47. The van der Waals surface area contributed by atoms with Gasteiger partial charge in [-0.2, -0.15) is 0 Å². The van der Waals surface area contributed by atoms with Crippen molar-refractivity contribution >= 4 is 56.6 Å². The van der Waals surface area contributed by atoms with Gasteiger partial charge in [0.05, 0.1) is 2.88 Å². The predicted octanol–water partition coefficient (Wildman–Crippen LogP) is 4.36. The molecule has 0 N–H and O–H groups in total. The summed E-state index contributed by atoms with van der Waals surface area (Å²) in [5.41, 5.74) is 1.34. The summed E-state index contributed by atoms with van der Waals surface area (Å²) in [6, 6.07) is 6.65. The largest absolute Gasteiger partial charge is 0.143 e. The second kappa shape index (κ2) is 3.79. The van der Waals surface area contributed by atoms with Crippen molar-refractivity contribution in [3.05, 3.63) is 26.6 Å². The van der Waals surface area contributed by atoms with Crippen LogP contribution in [0.15, 0.2) is 23.1 Å². The third-order valence-corrected chi connectivity index (χ3v) is 4.34. The van der Waals surface area contributed by atoms with Gasteiger partial charge in [-0.1, -0.05) is 6.92 Å². The fourth-order valence-corrected chi connectivity index (χ4v) is 3.67. The summed E-state index contributed by atoms with van der Waals surface area (Å²) >= 11 is 8.65. The fraction of sp³-hybridized carbons (Fsp3) is 0.200. The van der Waals surface area contributed by atoms with E-state index in [-0.39, 0.29) is 0 Å². The first kappa shape index (κ1) is 9.80. The van der Waals surface area contributed by atoms with E-state index in [0.29, 0.717) is 0 Å². The number of hydrogen-bond acceptors (Lipinski definition) is 2. The molecule has 0 saturated heterocycles. The Hall–Kier alpha value is 0.260. The Morgan fingerprint density at radius 3 is 2.85 bits per heavy atom. The summed E-state index contributed by atoms with van der Waals surface area (Å²) in [6.07, 6.45) is 1.06. The van der Waals surface area contributed by atoms with Gasteiger partial charge in [0.2, 0.25) is 0 Å². The molecule has 0 aliphatic heterocycles. The van der Waals surface area contributed by atoms with Crippen molar-refractivity contribution in [2.24, 2.45) is 0 Å². The van der Waals surface area contributed by atoms with Gasteiger partial charge >= 0.3 is 0 Å². The van der Waals surface area contributed by atoms with Gasteiger partial charge in [-0.25, -0.2) is 0 Å². The smallest absolute Gasteiger partial charge is 0.0666 e. The quantitative estimate of drug-likeness (QED) is 0.586. The van der Waals surface area contributed by atoms with Crippen molar-refractivity contribution in [2.75, 3.05) is 0 Å². The highest BCUT2D eigenvalue weighted by molar-refractivity contribution is 14.1. The summed E-state index contributed by atoms with van der Waals surface area (Å²) in [5.74, 6) is 0. The number of fused-ring (bicyclic) bond motifs is 1. The average molecular weight is 320 g/mol. The molecule has 0 bridgehead atoms. The third-order valence-electron chi connectivity index (χ3n) is 2.07. The molecule has 0 radical (unpaired) electrons. The molecule has 68 valence electrons. The number of rotatable bonds is 1. The predicted molar refractivity (Wildman–Crippen MR) is 71.2 cm³/mol. The zero-order valence-corrected chi connectivity index (χ0v) is 11.0. The van der Waals surface area contributed by atoms with Crippen LogP contribution in [0.5, 0.6) is 0 Å². The summed E-state index contributed by atoms with van der Waals surface area (Å²) in [5, 5.41) is 1.35. The van der Waals surface area contributed by atoms with Gasteiger partial charge in [-0.15, -0.1) is 24.0 Å². The van der Waals surface area contributed by atoms with Crippen molar-refractivity contribution in [1.82, 2.24) is 0 Å². The van der Waals surface area contributed by atoms with Gasteiger partial charge in [-0.05, 0) is 58.2 Å². The lowest BCUT2D eigenvalue weighted by molar-refractivity contribution is 1.09. The first-order valence-corrected chi connectivity index (χ1v) is 6.46. The molecule has 1 aromatic carbocycles. The van der Waals surface area contributed by atoms with E-state index in [2.05, 4.69) is 60.3 Å². The maximum Gasteiger partial charge on any atom is 0.0666 e. The van der Waals surface area contributed by atoms with Gasteiger partial charge in [0.15, 0.2) is 0 Å². The molecule has 0 aliphatic carbocycles. The minimum Gasteiger partial charge on any atom is -0.143 e. The number of thiol groups is 1. The number of aryl methyl sites for hydroxylation is 1. The van der Waals surface area contributed by atoms with E-state index in [1.165, 1.54) is 18.5 Å². The Morgan fingerprint density at radius 1 is 1.38 bits per heavy atom. The molecule has 0 saturated carbocycles. The first-order valence-electron chi connectivity index (χ1n) is 4.11. The van der Waals surface area contributed by atoms with E-state index in [9.17, 15) is 0 Å². The lowest BCUT2D eigenvalue weighted by Crippen LogP contribution is -1.81. The van der Waals surface area contributed by atoms with E-state index >= 15 is 0 Å². The molecular weight excluding hydrogens is 311 g/mol. The maximum atomic E-state index is 4.47. The fourth-order valence-electron chi connectivity index (χ4n) is 1.37. The molecular formula is C10H9IS2. The summed E-state index contributed by atoms with van der Waals surface area (Å²) in [4.78, 5) is 1.12. The van der Waals surface area contributed by atoms with Gasteiger partial charge in [-0.3, -0.25) is 0 Å². The SMILES string of the molecule is CCc1cc2cc(I)sc2cc1S. The number of halogens is 1. The normalized spacial score (nSPS) is 11.0. The molecule has 0 spiro atoms. The van der Waals surface area contributed by atoms with Crippen molar-refractivity contribution in [1.29, 1.82) is 0 Å². The Kier molecular flexibility index (Phi) is 2.86. The summed E-state index contributed by atoms with van der Waals surface area (Å²) in [6.45, 7) is 2.16. The van der Waals surface area contributed by atoms with E-state index in [4.69, 9.17) is 0 Å². The lowest BCUT2D eigenvalue weighted by atomic mass is 10.1. The van der Waals surface area contributed by atoms with E-state index in [1.54, 1.807) is 0 Å². The summed E-state index contributed by atoms with van der Waals surface area (Å²) in [7, 11) is 0. The number of hydrogen-bond donors (Lipinski definition) is 1. The second-order valence-corrected chi connectivity index (χ2v) is 6.38. The molecule has 13 heavy (non-hydrogen) atoms. The highest BCUT2D eigenvalue weighted by atomic mass is 127. The monoisotopic (exact) mass is 320 g/mol. The number of thiophene rings is 1. The zero-order chi connectivity index (χ0) is 9.42. The molecule has 2 rings (SSSR count). The molecule has 3 heteroatoms. The molecule has 0 fully saturated rings. The van der Waals surface area contributed by atoms with Crippen LogP contribution >= 0.6 is 46.6 Å². The van der Waals surface area contributed by atoms with Crippen LogP contribution in [0.2, 0.25) is 0 Å². The van der Waals surface area contributed by atoms with Crippen molar-refractivity contribution in [2.45, 2.75) is 18.2 Å². The number of benzene rings is 1. The van der Waals surface area contributed by atoms with Gasteiger partial charge in [0, 0.05) is 9.60 Å². The highest BCUT2D eigenvalue weighted by Crippen LogP contribution is 2.30. The topological polar surface area (TPSA) is 0 Å². The van der Waals surface area contributed by atoms with Crippen LogP contribution in [-0.2, 0) is 6.42 Å². The van der Waals surface area contributed by atoms with Crippen LogP contribution in [0.25, 0.3) is 10.1 Å². The molecule has 1 heterocycles. The van der Waals surface area contributed by atoms with Crippen LogP contribution in [-0.4, -0.2) is 0 Å². The van der Waals surface area contributed by atoms with Gasteiger partial charge in [0.1, 0.15) is 0 Å². The Bertz CT molecular complexity index is 445. The summed E-state index contributed by atoms with van der Waals surface area (Å²) < 4.78 is 2.68. The van der Waals surface area contributed by atoms with Crippen LogP contribution < -0.4 is 0 Å². The van der Waals surface area contributed by atoms with Crippen molar-refractivity contribution in [3.63, 3.8) is 0 Å². The van der Waals surface area contributed by atoms with Crippen LogP contribution in [0.3, 0.4) is 0 Å². The Morgan fingerprint density at radius 2 is 2.15 bits per heavy atom. The molecule has 2 aromatic rings. The van der Waals surface area contributed by atoms with E-state index in [1.807, 2.05) is 11.3 Å². The van der Waals surface area contributed by atoms with E-state index < -0.39 is 0 Å². The zero-order valence-electron chi connectivity index (χ0n) is 7.17. The Labute approximate surface area is 101 Å². The van der Waals surface area contributed by atoms with Crippen LogP contribution in [0.1, 0.15) is 12.5 Å². The average Bonchev–Trinajstić information content (AvgIpc) is 2.42. The minimum atomic E-state index is 1.06. The molecule has 1 aromatic heterocycles. The Balaban J connectivity index is 2.72. The minimum absolute atomic E-state index is 1.06. The van der Waals surface area contributed by atoms with E-state index in [0.717, 1.165) is 11.3 Å². The van der Waals surface area contributed by atoms with Gasteiger partial charge in [0.25, 0.3) is 0 Å². The molecule has 0 unspecified atom stereocenters. The van der Waals surface area contributed by atoms with Crippen LogP contribution in [0.4, 0.5) is 0 Å². The van der Waals surface area contributed by atoms with Crippen LogP contribution in [0, 0.1) is 2.88 Å². The third kappa shape index (κ3) is 1.87. The lowest BCUT2D eigenvalue weighted by Gasteiger charge is -2.00. The van der Waals surface area contributed by atoms with Crippen molar-refractivity contribution in [3.8, 4) is 0 Å². The molecule has 0 atom stereocenters. The molecule has 0 nitrogen and oxygen atoms in total. The standard InChI is InChI=1S/C10H9IS2/c1-2-6-3-7-4-10(11)13-9(7)5-8(6)12/h3-5,12H,2H2,1H3. The first-order chi connectivity index (χ1) is 6.20. The van der Waals surface area contributed by atoms with Crippen molar-refractivity contribution < 1.29 is 0 Å². The highest BCUT2D eigenvalue weighted by Gasteiger charge is 2.03. The second-order valence-electron chi connectivity index (χ2n) is 2.92.